The van der Waals surface area contributed by atoms with Crippen LogP contribution in [-0.4, -0.2) is 0 Å². The van der Waals surface area contributed by atoms with E-state index in [0.29, 0.717) is 0 Å². The molecule has 0 aromatic heterocycles. The Hall–Kier alpha value is -0.160. The molecule has 1 nitrogen and oxygen atoms in total. The van der Waals surface area contributed by atoms with E-state index in [1.165, 1.54) is 0 Å². The Balaban J connectivity index is 2.58. The zero-order valence-corrected chi connectivity index (χ0v) is 9.13. The second-order valence-corrected chi connectivity index (χ2v) is 6.06. The van der Waals surface area contributed by atoms with Crippen molar-refractivity contribution in [3.8, 4) is 0 Å². The van der Waals surface area contributed by atoms with Gasteiger partial charge >= 0.3 is 79.6 Å². The van der Waals surface area contributed by atoms with Crippen LogP contribution in [0.1, 0.15) is 19.4 Å². The van der Waals surface area contributed by atoms with Crippen LogP contribution < -0.4 is 0 Å². The summed E-state index contributed by atoms with van der Waals surface area (Å²) in [5.41, 5.74) is 0.619. The Morgan fingerprint density at radius 2 is 2.00 bits per heavy atom. The Labute approximate surface area is 79.6 Å². The van der Waals surface area contributed by atoms with Crippen LogP contribution in [0.2, 0.25) is 0 Å². The normalized spacial score (nSPS) is 22.4. The van der Waals surface area contributed by atoms with Gasteiger partial charge in [-0.25, -0.2) is 0 Å². The molecule has 1 aliphatic rings. The van der Waals surface area contributed by atoms with Crippen molar-refractivity contribution in [3.05, 3.63) is 33.4 Å². The summed E-state index contributed by atoms with van der Waals surface area (Å²) in [6.45, 7) is 3.84. The maximum absolute atomic E-state index is 13.3. The first-order valence-corrected chi connectivity index (χ1v) is 6.54. The molecule has 0 saturated heterocycles. The molecule has 1 aromatic carbocycles. The molecule has 0 fully saturated rings. The topological polar surface area (TPSA) is 9.23 Å². The number of hydrogen-bond donors (Lipinski definition) is 0. The van der Waals surface area contributed by atoms with Crippen molar-refractivity contribution in [1.82, 2.24) is 0 Å². The molecule has 2 rings (SSSR count). The summed E-state index contributed by atoms with van der Waals surface area (Å²) in [5, 5.41) is 0. The second kappa shape index (κ2) is 2.67. The predicted octanol–water partition coefficient (Wildman–Crippen LogP) is 3.43. The zero-order valence-electron chi connectivity index (χ0n) is 6.97. The number of fused-ring (bicyclic) bond motifs is 1. The van der Waals surface area contributed by atoms with E-state index < -0.39 is 26.4 Å². The summed E-state index contributed by atoms with van der Waals surface area (Å²) < 4.78 is 19.5. The molecule has 0 unspecified atom stereocenters. The van der Waals surface area contributed by atoms with Crippen molar-refractivity contribution in [2.24, 2.45) is 0 Å². The van der Waals surface area contributed by atoms with E-state index in [1.54, 1.807) is 0 Å². The quantitative estimate of drug-likeness (QED) is 0.661. The van der Waals surface area contributed by atoms with Crippen molar-refractivity contribution in [2.75, 3.05) is 0 Å². The van der Waals surface area contributed by atoms with Gasteiger partial charge in [-0.1, -0.05) is 0 Å². The van der Waals surface area contributed by atoms with Crippen LogP contribution >= 0.6 is 20.8 Å². The Bertz CT molecular complexity index is 311. The molecule has 66 valence electrons. The van der Waals surface area contributed by atoms with Gasteiger partial charge in [0.1, 0.15) is 0 Å². The van der Waals surface area contributed by atoms with Crippen molar-refractivity contribution < 1.29 is 5.93 Å². The van der Waals surface area contributed by atoms with Crippen LogP contribution in [0.4, 0.5) is 2.86 Å². The molecule has 3 heteroatoms. The van der Waals surface area contributed by atoms with E-state index in [1.807, 2.05) is 38.1 Å². The van der Waals surface area contributed by atoms with E-state index in [2.05, 4.69) is 0 Å². The molecular formula is C9H10FIO. The SMILES string of the molecule is CC1(C)OI(F)c2ccccc21. The summed E-state index contributed by atoms with van der Waals surface area (Å²) in [4.78, 5) is 0. The van der Waals surface area contributed by atoms with Gasteiger partial charge in [0.15, 0.2) is 0 Å². The van der Waals surface area contributed by atoms with Gasteiger partial charge in [0, 0.05) is 0 Å². The summed E-state index contributed by atoms with van der Waals surface area (Å²) in [7, 11) is 0. The Kier molecular flexibility index (Phi) is 1.88. The second-order valence-electron chi connectivity index (χ2n) is 3.27. The van der Waals surface area contributed by atoms with E-state index in [-0.39, 0.29) is 0 Å². The molecule has 1 heterocycles. The third-order valence-electron chi connectivity index (χ3n) is 1.94. The van der Waals surface area contributed by atoms with Gasteiger partial charge in [-0.2, -0.15) is 0 Å². The molecule has 0 amide bonds. The molecule has 0 atom stereocenters. The van der Waals surface area contributed by atoms with Crippen LogP contribution in [0.15, 0.2) is 24.3 Å². The Morgan fingerprint density at radius 3 is 2.67 bits per heavy atom. The maximum atomic E-state index is 13.3. The third-order valence-corrected chi connectivity index (χ3v) is 5.29. The minimum atomic E-state index is -2.74. The van der Waals surface area contributed by atoms with Crippen LogP contribution in [0.3, 0.4) is 0 Å². The first-order chi connectivity index (χ1) is 5.61. The summed E-state index contributed by atoms with van der Waals surface area (Å²) in [6, 6.07) is 7.59. The zero-order chi connectivity index (χ0) is 8.77. The van der Waals surface area contributed by atoms with E-state index in [9.17, 15) is 2.86 Å². The molecule has 1 aliphatic heterocycles. The number of hydrogen-bond acceptors (Lipinski definition) is 1. The molecule has 1 aromatic rings. The number of rotatable bonds is 0. The molecule has 0 saturated carbocycles. The van der Waals surface area contributed by atoms with Crippen LogP contribution in [0.25, 0.3) is 0 Å². The fraction of sp³-hybridized carbons (Fsp3) is 0.333. The predicted molar refractivity (Wildman–Crippen MR) is 54.4 cm³/mol. The first kappa shape index (κ1) is 8.44. The van der Waals surface area contributed by atoms with E-state index in [0.717, 1.165) is 9.13 Å². The van der Waals surface area contributed by atoms with Gasteiger partial charge < -0.3 is 0 Å². The standard InChI is InChI=1S/C9H10FIO/c1-9(2)7-5-3-4-6-8(7)11(10)12-9/h3-6H,1-2H3. The molecule has 0 bridgehead atoms. The molecule has 12 heavy (non-hydrogen) atoms. The van der Waals surface area contributed by atoms with Gasteiger partial charge in [-0.15, -0.1) is 0 Å². The van der Waals surface area contributed by atoms with Crippen molar-refractivity contribution in [2.45, 2.75) is 19.4 Å². The number of benzene rings is 1. The fourth-order valence-electron chi connectivity index (χ4n) is 1.33. The van der Waals surface area contributed by atoms with Gasteiger partial charge in [0.25, 0.3) is 0 Å². The Morgan fingerprint density at radius 1 is 1.33 bits per heavy atom. The summed E-state index contributed by atoms with van der Waals surface area (Å²) in [6.07, 6.45) is 0. The number of halogens is 2. The summed E-state index contributed by atoms with van der Waals surface area (Å²) in [5.74, 6) is 0. The van der Waals surface area contributed by atoms with Gasteiger partial charge in [0.05, 0.1) is 0 Å². The van der Waals surface area contributed by atoms with Crippen molar-refractivity contribution in [3.63, 3.8) is 0 Å². The minimum absolute atomic E-state index is 0.407. The van der Waals surface area contributed by atoms with E-state index in [4.69, 9.17) is 3.07 Å². The van der Waals surface area contributed by atoms with Crippen LogP contribution in [0.5, 0.6) is 0 Å². The third kappa shape index (κ3) is 1.15. The van der Waals surface area contributed by atoms with Crippen molar-refractivity contribution in [1.29, 1.82) is 0 Å². The van der Waals surface area contributed by atoms with Crippen molar-refractivity contribution >= 4 is 20.8 Å². The first-order valence-electron chi connectivity index (χ1n) is 3.77. The van der Waals surface area contributed by atoms with Gasteiger partial charge in [-0.05, 0) is 0 Å². The van der Waals surface area contributed by atoms with E-state index >= 15 is 0 Å². The monoisotopic (exact) mass is 280 g/mol. The molecule has 0 radical (unpaired) electrons. The van der Waals surface area contributed by atoms with Crippen LogP contribution in [0, 0.1) is 3.57 Å². The summed E-state index contributed by atoms with van der Waals surface area (Å²) >= 11 is -2.74. The average molecular weight is 280 g/mol. The van der Waals surface area contributed by atoms with Gasteiger partial charge in [0.2, 0.25) is 0 Å². The molecular weight excluding hydrogens is 270 g/mol. The van der Waals surface area contributed by atoms with Gasteiger partial charge in [-0.3, -0.25) is 0 Å². The molecule has 0 N–H and O–H groups in total. The molecule has 0 spiro atoms. The fourth-order valence-corrected chi connectivity index (χ4v) is 4.55. The van der Waals surface area contributed by atoms with Crippen LogP contribution in [-0.2, 0) is 8.67 Å². The average Bonchev–Trinajstić information content (AvgIpc) is 2.25. The molecule has 0 aliphatic carbocycles.